The number of halogens is 3. The summed E-state index contributed by atoms with van der Waals surface area (Å²) in [4.78, 5) is 14.2. The van der Waals surface area contributed by atoms with E-state index < -0.39 is 11.7 Å². The molecule has 2 heterocycles. The molecule has 5 nitrogen and oxygen atoms in total. The Morgan fingerprint density at radius 1 is 1.15 bits per heavy atom. The first-order valence-corrected chi connectivity index (χ1v) is 11.5. The second kappa shape index (κ2) is 10.1. The number of carbonyl (C=O) groups excluding carboxylic acids is 1. The molecule has 1 aliphatic carbocycles. The van der Waals surface area contributed by atoms with Crippen LogP contribution in [-0.2, 0) is 6.54 Å². The van der Waals surface area contributed by atoms with Gasteiger partial charge in [0.15, 0.2) is 11.6 Å². The predicted molar refractivity (Wildman–Crippen MR) is 131 cm³/mol. The first kappa shape index (κ1) is 24.1. The molecule has 180 valence electrons. The van der Waals surface area contributed by atoms with E-state index in [9.17, 15) is 13.6 Å². The Morgan fingerprint density at radius 2 is 1.97 bits per heavy atom. The maximum Gasteiger partial charge on any atom is 0.249 e. The molecule has 0 bridgehead atoms. The van der Waals surface area contributed by atoms with Gasteiger partial charge in [0.1, 0.15) is 12.4 Å². The Kier molecular flexibility index (Phi) is 7.12. The number of nitrogens with zero attached hydrogens (tertiary/aromatic N) is 2. The summed E-state index contributed by atoms with van der Waals surface area (Å²) in [5, 5.41) is 0.909. The van der Waals surface area contributed by atoms with E-state index in [1.165, 1.54) is 24.6 Å². The van der Waals surface area contributed by atoms with Crippen molar-refractivity contribution < 1.29 is 18.3 Å². The molecule has 1 fully saturated rings. The summed E-state index contributed by atoms with van der Waals surface area (Å²) >= 11 is 0. The fourth-order valence-electron chi connectivity index (χ4n) is 4.79. The minimum Gasteiger partial charge on any atom is -0.484 e. The van der Waals surface area contributed by atoms with Gasteiger partial charge in [0.05, 0.1) is 11.3 Å². The third kappa shape index (κ3) is 4.62. The number of hydrogen-bond acceptors (Lipinski definition) is 3. The molecule has 8 heteroatoms. The van der Waals surface area contributed by atoms with Crippen LogP contribution in [0.4, 0.5) is 8.78 Å². The van der Waals surface area contributed by atoms with Crippen LogP contribution >= 0.6 is 12.4 Å². The SMILES string of the molecule is Cl.NC(=O)c1ccc(F)c2c1C=C(N(CCCCn1ccc3cc(F)ccc31)C1CCC1)CO2. The number of rotatable bonds is 8. The molecule has 2 N–H and O–H groups in total. The van der Waals surface area contributed by atoms with Crippen LogP contribution in [0.2, 0.25) is 0 Å². The smallest absolute Gasteiger partial charge is 0.249 e. The fraction of sp³-hybridized carbons (Fsp3) is 0.346. The number of carbonyl (C=O) groups is 1. The maximum absolute atomic E-state index is 14.3. The van der Waals surface area contributed by atoms with Crippen LogP contribution in [-0.4, -0.2) is 34.6 Å². The molecule has 5 rings (SSSR count). The zero-order chi connectivity index (χ0) is 22.9. The van der Waals surface area contributed by atoms with Gasteiger partial charge >= 0.3 is 0 Å². The minimum atomic E-state index is -0.596. The van der Waals surface area contributed by atoms with Crippen molar-refractivity contribution in [2.75, 3.05) is 13.2 Å². The van der Waals surface area contributed by atoms with Gasteiger partial charge in [-0.15, -0.1) is 12.4 Å². The van der Waals surface area contributed by atoms with Crippen LogP contribution in [0.5, 0.6) is 5.75 Å². The number of aromatic nitrogens is 1. The Morgan fingerprint density at radius 3 is 2.71 bits per heavy atom. The number of amides is 1. The largest absolute Gasteiger partial charge is 0.484 e. The number of fused-ring (bicyclic) bond motifs is 2. The molecule has 1 amide bonds. The van der Waals surface area contributed by atoms with Crippen molar-refractivity contribution in [2.24, 2.45) is 5.73 Å². The van der Waals surface area contributed by atoms with E-state index in [-0.39, 0.29) is 36.1 Å². The van der Waals surface area contributed by atoms with E-state index in [1.807, 2.05) is 24.4 Å². The molecule has 0 spiro atoms. The number of unbranched alkanes of at least 4 members (excludes halogenated alkanes) is 1. The van der Waals surface area contributed by atoms with E-state index in [4.69, 9.17) is 10.5 Å². The highest BCUT2D eigenvalue weighted by molar-refractivity contribution is 5.98. The molecule has 0 radical (unpaired) electrons. The molecule has 1 aromatic heterocycles. The Hall–Kier alpha value is -3.06. The molecule has 2 aliphatic rings. The Labute approximate surface area is 203 Å². The average molecular weight is 488 g/mol. The first-order chi connectivity index (χ1) is 16.0. The molecule has 0 saturated heterocycles. The first-order valence-electron chi connectivity index (χ1n) is 11.5. The fourth-order valence-corrected chi connectivity index (χ4v) is 4.79. The molecule has 34 heavy (non-hydrogen) atoms. The Bertz CT molecular complexity index is 1240. The van der Waals surface area contributed by atoms with Crippen molar-refractivity contribution in [1.82, 2.24) is 9.47 Å². The highest BCUT2D eigenvalue weighted by Crippen LogP contribution is 2.36. The maximum atomic E-state index is 14.3. The number of aryl methyl sites for hydroxylation is 1. The standard InChI is InChI=1S/C26H27F2N3O2.ClH/c27-18-6-9-24-17(14-18)10-13-30(24)11-1-2-12-31(19-4-3-5-19)20-15-22-21(26(29)32)7-8-23(28)25(22)33-16-20;/h6-10,13-15,19H,1-5,11-12,16H2,(H2,29,32);1H. The van der Waals surface area contributed by atoms with Crippen LogP contribution in [0, 0.1) is 11.6 Å². The summed E-state index contributed by atoms with van der Waals surface area (Å²) in [6.45, 7) is 1.98. The normalized spacial score (nSPS) is 15.1. The van der Waals surface area contributed by atoms with Gasteiger partial charge in [-0.1, -0.05) is 0 Å². The molecular weight excluding hydrogens is 460 g/mol. The quantitative estimate of drug-likeness (QED) is 0.426. The van der Waals surface area contributed by atoms with E-state index in [0.717, 1.165) is 55.4 Å². The molecule has 1 saturated carbocycles. The monoisotopic (exact) mass is 487 g/mol. The summed E-state index contributed by atoms with van der Waals surface area (Å²) in [6, 6.07) is 9.89. The van der Waals surface area contributed by atoms with Crippen LogP contribution in [0.25, 0.3) is 17.0 Å². The minimum absolute atomic E-state index is 0. The third-order valence-corrected chi connectivity index (χ3v) is 6.75. The molecule has 1 aliphatic heterocycles. The zero-order valence-electron chi connectivity index (χ0n) is 18.8. The second-order valence-electron chi connectivity index (χ2n) is 8.82. The van der Waals surface area contributed by atoms with Crippen LogP contribution < -0.4 is 10.5 Å². The summed E-state index contributed by atoms with van der Waals surface area (Å²) in [5.74, 6) is -1.21. The molecule has 3 aromatic rings. The van der Waals surface area contributed by atoms with Crippen LogP contribution in [0.1, 0.15) is 48.0 Å². The van der Waals surface area contributed by atoms with Gasteiger partial charge in [-0.2, -0.15) is 0 Å². The van der Waals surface area contributed by atoms with Crippen molar-refractivity contribution >= 4 is 35.3 Å². The lowest BCUT2D eigenvalue weighted by Crippen LogP contribution is -2.42. The van der Waals surface area contributed by atoms with Gasteiger partial charge in [-0.25, -0.2) is 8.78 Å². The van der Waals surface area contributed by atoms with Crippen molar-refractivity contribution in [3.63, 3.8) is 0 Å². The van der Waals surface area contributed by atoms with E-state index in [1.54, 1.807) is 6.07 Å². The Balaban J connectivity index is 0.00000274. The lowest BCUT2D eigenvalue weighted by atomic mass is 9.90. The van der Waals surface area contributed by atoms with Crippen LogP contribution in [0.15, 0.2) is 48.3 Å². The number of ether oxygens (including phenoxy) is 1. The number of benzene rings is 2. The number of nitrogens with two attached hydrogens (primary N) is 1. The highest BCUT2D eigenvalue weighted by Gasteiger charge is 2.30. The molecule has 2 aromatic carbocycles. The molecule has 0 atom stereocenters. The van der Waals surface area contributed by atoms with E-state index in [2.05, 4.69) is 9.47 Å². The topological polar surface area (TPSA) is 60.5 Å². The van der Waals surface area contributed by atoms with Crippen molar-refractivity contribution in [3.05, 3.63) is 71.1 Å². The third-order valence-electron chi connectivity index (χ3n) is 6.75. The van der Waals surface area contributed by atoms with Gasteiger partial charge in [0.25, 0.3) is 0 Å². The van der Waals surface area contributed by atoms with Crippen molar-refractivity contribution in [1.29, 1.82) is 0 Å². The number of primary amides is 1. The van der Waals surface area contributed by atoms with Gasteiger partial charge in [-0.05, 0) is 74.6 Å². The lowest BCUT2D eigenvalue weighted by Gasteiger charge is -2.41. The lowest BCUT2D eigenvalue weighted by molar-refractivity contribution is 0.0999. The van der Waals surface area contributed by atoms with Crippen molar-refractivity contribution in [2.45, 2.75) is 44.7 Å². The summed E-state index contributed by atoms with van der Waals surface area (Å²) < 4.78 is 35.6. The molecular formula is C26H28ClF2N3O2. The van der Waals surface area contributed by atoms with Gasteiger partial charge in [0.2, 0.25) is 5.91 Å². The summed E-state index contributed by atoms with van der Waals surface area (Å²) in [7, 11) is 0. The van der Waals surface area contributed by atoms with Gasteiger partial charge in [0, 0.05) is 41.8 Å². The molecule has 0 unspecified atom stereocenters. The van der Waals surface area contributed by atoms with Crippen LogP contribution in [0.3, 0.4) is 0 Å². The van der Waals surface area contributed by atoms with E-state index in [0.29, 0.717) is 11.6 Å². The summed E-state index contributed by atoms with van der Waals surface area (Å²) in [6.07, 6.45) is 9.23. The van der Waals surface area contributed by atoms with E-state index >= 15 is 0 Å². The predicted octanol–water partition coefficient (Wildman–Crippen LogP) is 5.51. The zero-order valence-corrected chi connectivity index (χ0v) is 19.6. The second-order valence-corrected chi connectivity index (χ2v) is 8.82. The van der Waals surface area contributed by atoms with Gasteiger partial charge < -0.3 is 19.9 Å². The van der Waals surface area contributed by atoms with Gasteiger partial charge in [-0.3, -0.25) is 4.79 Å². The van der Waals surface area contributed by atoms with Crippen molar-refractivity contribution in [3.8, 4) is 5.75 Å². The summed E-state index contributed by atoms with van der Waals surface area (Å²) in [5.41, 5.74) is 8.21. The average Bonchev–Trinajstić information content (AvgIpc) is 3.16. The highest BCUT2D eigenvalue weighted by atomic mass is 35.5. The number of hydrogen-bond donors (Lipinski definition) is 1.